The van der Waals surface area contributed by atoms with Gasteiger partial charge < -0.3 is 11.1 Å². The van der Waals surface area contributed by atoms with E-state index in [1.807, 2.05) is 0 Å². The Labute approximate surface area is 106 Å². The summed E-state index contributed by atoms with van der Waals surface area (Å²) in [6, 6.07) is 0. The molecule has 1 rings (SSSR count). The molecule has 3 nitrogen and oxygen atoms in total. The lowest BCUT2D eigenvalue weighted by Gasteiger charge is -2.33. The summed E-state index contributed by atoms with van der Waals surface area (Å²) in [5, 5.41) is 3.53. The van der Waals surface area contributed by atoms with Crippen LogP contribution >= 0.6 is 0 Å². The molecule has 0 aromatic rings. The maximum absolute atomic E-state index is 11.3. The molecule has 2 unspecified atom stereocenters. The predicted molar refractivity (Wildman–Crippen MR) is 71.6 cm³/mol. The largest absolute Gasteiger partial charge is 0.370 e. The molecule has 0 aromatic heterocycles. The van der Waals surface area contributed by atoms with Crippen LogP contribution in [0.4, 0.5) is 0 Å². The van der Waals surface area contributed by atoms with Crippen molar-refractivity contribution < 1.29 is 4.79 Å². The topological polar surface area (TPSA) is 55.1 Å². The number of amides is 1. The van der Waals surface area contributed by atoms with Gasteiger partial charge in [-0.05, 0) is 37.6 Å². The molecule has 17 heavy (non-hydrogen) atoms. The van der Waals surface area contributed by atoms with Gasteiger partial charge in [0.25, 0.3) is 0 Å². The van der Waals surface area contributed by atoms with E-state index < -0.39 is 0 Å². The van der Waals surface area contributed by atoms with E-state index in [1.54, 1.807) is 0 Å². The van der Waals surface area contributed by atoms with Crippen molar-refractivity contribution in [1.82, 2.24) is 5.32 Å². The fourth-order valence-electron chi connectivity index (χ4n) is 3.22. The summed E-state index contributed by atoms with van der Waals surface area (Å²) in [6.45, 7) is 7.63. The second-order valence-corrected chi connectivity index (χ2v) is 5.89. The Morgan fingerprint density at radius 3 is 2.65 bits per heavy atom. The molecule has 0 aromatic carbocycles. The van der Waals surface area contributed by atoms with E-state index in [4.69, 9.17) is 5.73 Å². The van der Waals surface area contributed by atoms with Gasteiger partial charge in [0.15, 0.2) is 0 Å². The van der Waals surface area contributed by atoms with Crippen LogP contribution in [0.5, 0.6) is 0 Å². The lowest BCUT2D eigenvalue weighted by atomic mass is 9.84. The molecule has 1 fully saturated rings. The van der Waals surface area contributed by atoms with Crippen molar-refractivity contribution in [2.45, 2.75) is 64.8 Å². The molecule has 0 aliphatic heterocycles. The van der Waals surface area contributed by atoms with Gasteiger partial charge in [-0.25, -0.2) is 0 Å². The number of rotatable bonds is 5. The van der Waals surface area contributed by atoms with Crippen molar-refractivity contribution in [3.05, 3.63) is 0 Å². The Kier molecular flexibility index (Phi) is 5.44. The van der Waals surface area contributed by atoms with Crippen LogP contribution in [-0.2, 0) is 4.79 Å². The number of hydrogen-bond acceptors (Lipinski definition) is 2. The van der Waals surface area contributed by atoms with Crippen LogP contribution in [0.25, 0.3) is 0 Å². The average Bonchev–Trinajstić information content (AvgIpc) is 2.40. The van der Waals surface area contributed by atoms with Crippen LogP contribution in [-0.4, -0.2) is 18.0 Å². The average molecular weight is 240 g/mol. The Hall–Kier alpha value is -0.570. The van der Waals surface area contributed by atoms with Crippen LogP contribution in [0.1, 0.15) is 59.3 Å². The smallest absolute Gasteiger partial charge is 0.219 e. The molecule has 100 valence electrons. The predicted octanol–water partition coefficient (Wildman–Crippen LogP) is 2.45. The van der Waals surface area contributed by atoms with Gasteiger partial charge >= 0.3 is 0 Å². The maximum atomic E-state index is 11.3. The summed E-state index contributed by atoms with van der Waals surface area (Å²) < 4.78 is 0. The molecule has 3 N–H and O–H groups in total. The normalized spacial score (nSPS) is 30.2. The second-order valence-electron chi connectivity index (χ2n) is 5.89. The first-order chi connectivity index (χ1) is 7.99. The van der Waals surface area contributed by atoms with Gasteiger partial charge in [0, 0.05) is 12.0 Å². The van der Waals surface area contributed by atoms with Gasteiger partial charge in [0.05, 0.1) is 0 Å². The number of nitrogens with two attached hydrogens (primary N) is 1. The second kappa shape index (κ2) is 6.39. The van der Waals surface area contributed by atoms with Crippen molar-refractivity contribution in [3.63, 3.8) is 0 Å². The van der Waals surface area contributed by atoms with E-state index in [0.717, 1.165) is 31.2 Å². The fraction of sp³-hybridized carbons (Fsp3) is 0.929. The van der Waals surface area contributed by atoms with Crippen molar-refractivity contribution in [3.8, 4) is 0 Å². The van der Waals surface area contributed by atoms with E-state index in [1.165, 1.54) is 19.3 Å². The third-order valence-corrected chi connectivity index (χ3v) is 4.23. The quantitative estimate of drug-likeness (QED) is 0.725. The van der Waals surface area contributed by atoms with Crippen LogP contribution in [0.15, 0.2) is 0 Å². The Bertz CT molecular complexity index is 253. The molecule has 0 heterocycles. The fourth-order valence-corrected chi connectivity index (χ4v) is 3.22. The summed E-state index contributed by atoms with van der Waals surface area (Å²) in [4.78, 5) is 11.3. The summed E-state index contributed by atoms with van der Waals surface area (Å²) in [6.07, 6.45) is 6.40. The minimum absolute atomic E-state index is 0.0236. The highest BCUT2D eigenvalue weighted by Gasteiger charge is 2.34. The van der Waals surface area contributed by atoms with Gasteiger partial charge in [-0.15, -0.1) is 0 Å². The Balaban J connectivity index is 2.68. The summed E-state index contributed by atoms with van der Waals surface area (Å²) in [5.74, 6) is 1.39. The van der Waals surface area contributed by atoms with Crippen LogP contribution < -0.4 is 11.1 Å². The highest BCUT2D eigenvalue weighted by molar-refractivity contribution is 5.75. The monoisotopic (exact) mass is 240 g/mol. The lowest BCUT2D eigenvalue weighted by Crippen LogP contribution is -2.47. The summed E-state index contributed by atoms with van der Waals surface area (Å²) in [5.41, 5.74) is 5.38. The highest BCUT2D eigenvalue weighted by Crippen LogP contribution is 2.35. The van der Waals surface area contributed by atoms with Crippen molar-refractivity contribution in [2.24, 2.45) is 17.6 Å². The first-order valence-corrected chi connectivity index (χ1v) is 7.02. The van der Waals surface area contributed by atoms with Crippen molar-refractivity contribution >= 4 is 5.91 Å². The van der Waals surface area contributed by atoms with E-state index >= 15 is 0 Å². The molecule has 1 aliphatic rings. The van der Waals surface area contributed by atoms with Crippen molar-refractivity contribution in [2.75, 3.05) is 6.54 Å². The molecule has 0 saturated heterocycles. The third kappa shape index (κ3) is 4.30. The lowest BCUT2D eigenvalue weighted by molar-refractivity contribution is -0.119. The molecule has 0 radical (unpaired) electrons. The van der Waals surface area contributed by atoms with E-state index in [9.17, 15) is 4.79 Å². The molecule has 1 aliphatic carbocycles. The van der Waals surface area contributed by atoms with Crippen LogP contribution in [0.2, 0.25) is 0 Å². The zero-order chi connectivity index (χ0) is 12.9. The van der Waals surface area contributed by atoms with Gasteiger partial charge in [0.2, 0.25) is 5.91 Å². The van der Waals surface area contributed by atoms with Gasteiger partial charge in [-0.3, -0.25) is 4.79 Å². The molecular formula is C14H28N2O. The number of carbonyl (C=O) groups is 1. The van der Waals surface area contributed by atoms with E-state index in [-0.39, 0.29) is 11.4 Å². The first kappa shape index (κ1) is 14.5. The minimum Gasteiger partial charge on any atom is -0.370 e. The SMILES string of the molecule is CCNC1(CC(N)=O)CCCC(C(C)C)CC1. The molecule has 1 amide bonds. The van der Waals surface area contributed by atoms with E-state index in [0.29, 0.717) is 6.42 Å². The van der Waals surface area contributed by atoms with Gasteiger partial charge in [-0.1, -0.05) is 33.6 Å². The maximum Gasteiger partial charge on any atom is 0.219 e. The third-order valence-electron chi connectivity index (χ3n) is 4.23. The zero-order valence-corrected chi connectivity index (χ0v) is 11.6. The Morgan fingerprint density at radius 1 is 1.41 bits per heavy atom. The van der Waals surface area contributed by atoms with Crippen LogP contribution in [0.3, 0.4) is 0 Å². The molecule has 2 atom stereocenters. The molecular weight excluding hydrogens is 212 g/mol. The van der Waals surface area contributed by atoms with Crippen molar-refractivity contribution in [1.29, 1.82) is 0 Å². The Morgan fingerprint density at radius 2 is 2.12 bits per heavy atom. The molecule has 3 heteroatoms. The molecule has 0 bridgehead atoms. The summed E-state index contributed by atoms with van der Waals surface area (Å²) >= 11 is 0. The molecule has 0 spiro atoms. The first-order valence-electron chi connectivity index (χ1n) is 7.02. The minimum atomic E-state index is -0.172. The number of primary amides is 1. The highest BCUT2D eigenvalue weighted by atomic mass is 16.1. The van der Waals surface area contributed by atoms with Gasteiger partial charge in [0.1, 0.15) is 0 Å². The van der Waals surface area contributed by atoms with Crippen LogP contribution in [0, 0.1) is 11.8 Å². The van der Waals surface area contributed by atoms with E-state index in [2.05, 4.69) is 26.1 Å². The standard InChI is InChI=1S/C14H28N2O/c1-4-16-14(10-13(15)17)8-5-6-12(7-9-14)11(2)3/h11-12,16H,4-10H2,1-3H3,(H2,15,17). The zero-order valence-electron chi connectivity index (χ0n) is 11.6. The number of carbonyl (C=O) groups excluding carboxylic acids is 1. The number of hydrogen-bond donors (Lipinski definition) is 2. The summed E-state index contributed by atoms with van der Waals surface area (Å²) in [7, 11) is 0. The molecule has 1 saturated carbocycles. The number of nitrogens with one attached hydrogen (secondary N) is 1. The van der Waals surface area contributed by atoms with Gasteiger partial charge in [-0.2, -0.15) is 0 Å².